The van der Waals surface area contributed by atoms with E-state index in [1.807, 2.05) is 0 Å². The number of hydrogen-bond acceptors (Lipinski definition) is 5. The summed E-state index contributed by atoms with van der Waals surface area (Å²) in [5.41, 5.74) is -0.135. The third kappa shape index (κ3) is 4.48. The number of hydrogen-bond donors (Lipinski definition) is 5. The Kier molecular flexibility index (Phi) is 4.90. The highest BCUT2D eigenvalue weighted by atomic mass is 16.4. The van der Waals surface area contributed by atoms with Crippen molar-refractivity contribution in [1.29, 1.82) is 0 Å². The van der Waals surface area contributed by atoms with E-state index in [2.05, 4.69) is 5.32 Å². The van der Waals surface area contributed by atoms with Crippen LogP contribution < -0.4 is 5.32 Å². The Labute approximate surface area is 113 Å². The van der Waals surface area contributed by atoms with Crippen LogP contribution in [0.2, 0.25) is 0 Å². The van der Waals surface area contributed by atoms with E-state index in [0.29, 0.717) is 0 Å². The number of carbonyl (C=O) groups is 3. The van der Waals surface area contributed by atoms with Crippen molar-refractivity contribution < 1.29 is 34.8 Å². The number of phenolic OH excluding ortho intramolecular Hbond substituents is 2. The molecule has 8 nitrogen and oxygen atoms in total. The van der Waals surface area contributed by atoms with Gasteiger partial charge in [-0.3, -0.25) is 9.59 Å². The predicted molar refractivity (Wildman–Crippen MR) is 65.5 cm³/mol. The van der Waals surface area contributed by atoms with Crippen LogP contribution >= 0.6 is 0 Å². The van der Waals surface area contributed by atoms with E-state index >= 15 is 0 Å². The number of carboxylic acid groups (broad SMARTS) is 2. The van der Waals surface area contributed by atoms with Crippen LogP contribution in [0.3, 0.4) is 0 Å². The van der Waals surface area contributed by atoms with Gasteiger partial charge in [0.05, 0.1) is 0 Å². The molecule has 5 N–H and O–H groups in total. The second kappa shape index (κ2) is 6.41. The lowest BCUT2D eigenvalue weighted by Gasteiger charge is -2.13. The number of amides is 1. The van der Waals surface area contributed by atoms with Crippen molar-refractivity contribution >= 4 is 17.8 Å². The molecule has 0 aliphatic rings. The van der Waals surface area contributed by atoms with E-state index in [9.17, 15) is 24.6 Å². The van der Waals surface area contributed by atoms with Gasteiger partial charge in [-0.1, -0.05) is 0 Å². The van der Waals surface area contributed by atoms with Gasteiger partial charge in [0.25, 0.3) is 5.91 Å². The van der Waals surface area contributed by atoms with Crippen LogP contribution in [-0.4, -0.2) is 44.3 Å². The number of nitrogens with one attached hydrogen (secondary N) is 1. The molecule has 0 spiro atoms. The van der Waals surface area contributed by atoms with Crippen LogP contribution in [-0.2, 0) is 9.59 Å². The molecule has 0 heterocycles. The van der Waals surface area contributed by atoms with Crippen LogP contribution in [0.15, 0.2) is 18.2 Å². The number of benzene rings is 1. The van der Waals surface area contributed by atoms with Crippen molar-refractivity contribution in [2.45, 2.75) is 18.9 Å². The summed E-state index contributed by atoms with van der Waals surface area (Å²) < 4.78 is 0. The van der Waals surface area contributed by atoms with Crippen molar-refractivity contribution in [3.05, 3.63) is 23.8 Å². The molecule has 108 valence electrons. The van der Waals surface area contributed by atoms with Crippen LogP contribution in [0.5, 0.6) is 11.5 Å². The van der Waals surface area contributed by atoms with Gasteiger partial charge in [0.2, 0.25) is 0 Å². The molecule has 1 aromatic rings. The maximum Gasteiger partial charge on any atom is 0.326 e. The van der Waals surface area contributed by atoms with Gasteiger partial charge in [-0.2, -0.15) is 0 Å². The highest BCUT2D eigenvalue weighted by Gasteiger charge is 2.22. The van der Waals surface area contributed by atoms with Crippen LogP contribution in [0.25, 0.3) is 0 Å². The summed E-state index contributed by atoms with van der Waals surface area (Å²) >= 11 is 0. The first-order valence-corrected chi connectivity index (χ1v) is 5.58. The molecule has 0 saturated heterocycles. The first-order chi connectivity index (χ1) is 9.29. The summed E-state index contributed by atoms with van der Waals surface area (Å²) in [6.07, 6.45) is -0.691. The summed E-state index contributed by atoms with van der Waals surface area (Å²) in [5, 5.41) is 38.0. The van der Waals surface area contributed by atoms with Gasteiger partial charge in [0.15, 0.2) is 0 Å². The Morgan fingerprint density at radius 2 is 1.60 bits per heavy atom. The lowest BCUT2D eigenvalue weighted by Crippen LogP contribution is -2.41. The summed E-state index contributed by atoms with van der Waals surface area (Å²) in [7, 11) is 0. The second-order valence-electron chi connectivity index (χ2n) is 4.03. The summed E-state index contributed by atoms with van der Waals surface area (Å²) in [6.45, 7) is 0. The molecule has 20 heavy (non-hydrogen) atoms. The minimum atomic E-state index is -1.37. The number of aliphatic carboxylic acids is 2. The Hall–Kier alpha value is -2.77. The number of aromatic hydroxyl groups is 2. The Balaban J connectivity index is 2.79. The van der Waals surface area contributed by atoms with Crippen LogP contribution in [0.1, 0.15) is 23.2 Å². The normalized spacial score (nSPS) is 11.6. The van der Waals surface area contributed by atoms with Crippen molar-refractivity contribution in [1.82, 2.24) is 5.32 Å². The Morgan fingerprint density at radius 3 is 2.05 bits per heavy atom. The lowest BCUT2D eigenvalue weighted by molar-refractivity contribution is -0.140. The molecule has 0 aliphatic heterocycles. The van der Waals surface area contributed by atoms with Crippen molar-refractivity contribution in [3.63, 3.8) is 0 Å². The van der Waals surface area contributed by atoms with E-state index in [1.165, 1.54) is 0 Å². The number of carboxylic acids is 2. The quantitative estimate of drug-likeness (QED) is 0.499. The van der Waals surface area contributed by atoms with Gasteiger partial charge >= 0.3 is 11.9 Å². The molecule has 1 unspecified atom stereocenters. The molecule has 0 bridgehead atoms. The fourth-order valence-electron chi connectivity index (χ4n) is 1.49. The third-order valence-electron chi connectivity index (χ3n) is 2.42. The first-order valence-electron chi connectivity index (χ1n) is 5.58. The van der Waals surface area contributed by atoms with Crippen molar-refractivity contribution in [2.75, 3.05) is 0 Å². The van der Waals surface area contributed by atoms with E-state index in [-0.39, 0.29) is 23.5 Å². The lowest BCUT2D eigenvalue weighted by atomic mass is 10.1. The minimum absolute atomic E-state index is 0.135. The summed E-state index contributed by atoms with van der Waals surface area (Å²) in [5.74, 6) is -4.10. The molecule has 0 fully saturated rings. The fraction of sp³-hybridized carbons (Fsp3) is 0.250. The van der Waals surface area contributed by atoms with Gasteiger partial charge in [0.1, 0.15) is 17.5 Å². The van der Waals surface area contributed by atoms with Crippen LogP contribution in [0.4, 0.5) is 0 Å². The molecule has 0 radical (unpaired) electrons. The van der Waals surface area contributed by atoms with Crippen LogP contribution in [0, 0.1) is 0 Å². The van der Waals surface area contributed by atoms with E-state index < -0.39 is 30.3 Å². The fourth-order valence-corrected chi connectivity index (χ4v) is 1.49. The standard InChI is InChI=1S/C12H13NO7/c14-7-3-6(4-8(15)5-7)11(18)13-9(12(19)20)1-2-10(16)17/h3-5,9,14-15H,1-2H2,(H,13,18)(H,16,17)(H,19,20). The molecular formula is C12H13NO7. The van der Waals surface area contributed by atoms with Gasteiger partial charge in [-0.25, -0.2) is 4.79 Å². The highest BCUT2D eigenvalue weighted by molar-refractivity contribution is 5.97. The van der Waals surface area contributed by atoms with Gasteiger partial charge in [-0.15, -0.1) is 0 Å². The average Bonchev–Trinajstić information content (AvgIpc) is 2.32. The highest BCUT2D eigenvalue weighted by Crippen LogP contribution is 2.20. The predicted octanol–water partition coefficient (Wildman–Crippen LogP) is 0.146. The zero-order chi connectivity index (χ0) is 15.3. The third-order valence-corrected chi connectivity index (χ3v) is 2.42. The maximum atomic E-state index is 11.8. The zero-order valence-electron chi connectivity index (χ0n) is 10.2. The largest absolute Gasteiger partial charge is 0.508 e. The number of rotatable bonds is 6. The van der Waals surface area contributed by atoms with E-state index in [1.54, 1.807) is 0 Å². The van der Waals surface area contributed by atoms with Crippen molar-refractivity contribution in [3.8, 4) is 11.5 Å². The summed E-state index contributed by atoms with van der Waals surface area (Å²) in [6, 6.07) is 1.73. The van der Waals surface area contributed by atoms with E-state index in [0.717, 1.165) is 18.2 Å². The molecule has 0 aliphatic carbocycles. The molecule has 8 heteroatoms. The molecule has 0 aromatic heterocycles. The smallest absolute Gasteiger partial charge is 0.326 e. The van der Waals surface area contributed by atoms with E-state index in [4.69, 9.17) is 10.2 Å². The molecule has 1 rings (SSSR count). The summed E-state index contributed by atoms with van der Waals surface area (Å²) in [4.78, 5) is 33.1. The minimum Gasteiger partial charge on any atom is -0.508 e. The van der Waals surface area contributed by atoms with Gasteiger partial charge in [0, 0.05) is 18.1 Å². The zero-order valence-corrected chi connectivity index (χ0v) is 10.2. The Morgan fingerprint density at radius 1 is 1.05 bits per heavy atom. The van der Waals surface area contributed by atoms with Gasteiger partial charge < -0.3 is 25.7 Å². The molecule has 1 aromatic carbocycles. The number of phenols is 2. The average molecular weight is 283 g/mol. The SMILES string of the molecule is O=C(O)CCC(NC(=O)c1cc(O)cc(O)c1)C(=O)O. The van der Waals surface area contributed by atoms with Crippen molar-refractivity contribution in [2.24, 2.45) is 0 Å². The first kappa shape index (κ1) is 15.3. The second-order valence-corrected chi connectivity index (χ2v) is 4.03. The topological polar surface area (TPSA) is 144 Å². The molecule has 1 amide bonds. The Bertz CT molecular complexity index is 520. The number of carbonyl (C=O) groups excluding carboxylic acids is 1. The monoisotopic (exact) mass is 283 g/mol. The maximum absolute atomic E-state index is 11.8. The van der Waals surface area contributed by atoms with Gasteiger partial charge in [-0.05, 0) is 18.6 Å². The molecule has 1 atom stereocenters. The molecular weight excluding hydrogens is 270 g/mol. The molecule has 0 saturated carbocycles.